The number of nitro groups is 1. The van der Waals surface area contributed by atoms with E-state index in [-0.39, 0.29) is 13.0 Å². The van der Waals surface area contributed by atoms with Crippen LogP contribution in [0.2, 0.25) is 0 Å². The second-order valence-electron chi connectivity index (χ2n) is 4.03. The normalized spacial score (nSPS) is 13.3. The van der Waals surface area contributed by atoms with Gasteiger partial charge < -0.3 is 9.94 Å². The summed E-state index contributed by atoms with van der Waals surface area (Å²) in [6.45, 7) is 2.48. The molecule has 0 aliphatic heterocycles. The van der Waals surface area contributed by atoms with E-state index in [0.29, 0.717) is 0 Å². The Bertz CT molecular complexity index is 242. The molecule has 0 aromatic rings. The second-order valence-corrected chi connectivity index (χ2v) is 4.03. The van der Waals surface area contributed by atoms with E-state index in [2.05, 4.69) is 4.84 Å². The number of hydrogen-bond donors (Lipinski definition) is 1. The molecule has 0 spiro atoms. The van der Waals surface area contributed by atoms with Gasteiger partial charge in [0.2, 0.25) is 6.54 Å². The van der Waals surface area contributed by atoms with Gasteiger partial charge in [-0.3, -0.25) is 10.1 Å². The highest BCUT2D eigenvalue weighted by atomic mass is 16.9. The standard InChI is InChI=1S/C7H14N2O6/c1-7(2,5-15-9(13)14)3-6(10)4-8(11)12/h6,10H,3-5H2,1-2H3. The average molecular weight is 222 g/mol. The fourth-order valence-corrected chi connectivity index (χ4v) is 1.16. The van der Waals surface area contributed by atoms with E-state index in [0.717, 1.165) is 0 Å². The van der Waals surface area contributed by atoms with Gasteiger partial charge in [0.25, 0.3) is 5.09 Å². The quantitative estimate of drug-likeness (QED) is 0.487. The molecule has 1 unspecified atom stereocenters. The third-order valence-electron chi connectivity index (χ3n) is 1.71. The van der Waals surface area contributed by atoms with Crippen molar-refractivity contribution in [2.75, 3.05) is 13.2 Å². The monoisotopic (exact) mass is 222 g/mol. The molecule has 0 fully saturated rings. The summed E-state index contributed by atoms with van der Waals surface area (Å²) in [5, 5.41) is 28.3. The van der Waals surface area contributed by atoms with E-state index in [1.54, 1.807) is 13.8 Å². The van der Waals surface area contributed by atoms with Crippen LogP contribution in [0.5, 0.6) is 0 Å². The Morgan fingerprint density at radius 1 is 1.40 bits per heavy atom. The van der Waals surface area contributed by atoms with Crippen molar-refractivity contribution >= 4 is 0 Å². The van der Waals surface area contributed by atoms with Crippen molar-refractivity contribution < 1.29 is 20.0 Å². The van der Waals surface area contributed by atoms with E-state index in [1.165, 1.54) is 0 Å². The Labute approximate surface area is 86.1 Å². The lowest BCUT2D eigenvalue weighted by Crippen LogP contribution is -2.30. The molecule has 0 saturated heterocycles. The summed E-state index contributed by atoms with van der Waals surface area (Å²) in [6.07, 6.45) is -1.05. The van der Waals surface area contributed by atoms with E-state index in [9.17, 15) is 25.3 Å². The molecule has 8 nitrogen and oxygen atoms in total. The maximum Gasteiger partial charge on any atom is 0.294 e. The molecule has 0 saturated carbocycles. The van der Waals surface area contributed by atoms with Crippen LogP contribution in [0.15, 0.2) is 0 Å². The minimum absolute atomic E-state index is 0.0713. The smallest absolute Gasteiger partial charge is 0.294 e. The van der Waals surface area contributed by atoms with Crippen LogP contribution in [0.1, 0.15) is 20.3 Å². The van der Waals surface area contributed by atoms with Crippen molar-refractivity contribution in [3.05, 3.63) is 20.2 Å². The Kier molecular flexibility index (Phi) is 4.92. The molecule has 88 valence electrons. The molecule has 0 aromatic carbocycles. The van der Waals surface area contributed by atoms with Crippen molar-refractivity contribution in [3.63, 3.8) is 0 Å². The molecule has 0 heterocycles. The van der Waals surface area contributed by atoms with Gasteiger partial charge in [-0.1, -0.05) is 13.8 Å². The van der Waals surface area contributed by atoms with Crippen molar-refractivity contribution in [3.8, 4) is 0 Å². The van der Waals surface area contributed by atoms with E-state index >= 15 is 0 Å². The maximum absolute atomic E-state index is 10.1. The van der Waals surface area contributed by atoms with Crippen LogP contribution in [0.3, 0.4) is 0 Å². The van der Waals surface area contributed by atoms with Gasteiger partial charge >= 0.3 is 0 Å². The molecule has 0 aliphatic carbocycles. The molecule has 0 aliphatic rings. The Morgan fingerprint density at radius 3 is 2.33 bits per heavy atom. The average Bonchev–Trinajstić information content (AvgIpc) is 1.98. The number of nitrogens with zero attached hydrogens (tertiary/aromatic N) is 2. The first-order chi connectivity index (χ1) is 6.73. The molecule has 0 amide bonds. The lowest BCUT2D eigenvalue weighted by atomic mass is 9.88. The van der Waals surface area contributed by atoms with Crippen LogP contribution < -0.4 is 0 Å². The Hall–Kier alpha value is -1.44. The molecule has 0 rings (SSSR count). The predicted molar refractivity (Wildman–Crippen MR) is 49.2 cm³/mol. The molecule has 8 heteroatoms. The van der Waals surface area contributed by atoms with Gasteiger partial charge in [-0.05, 0) is 11.8 Å². The van der Waals surface area contributed by atoms with Crippen LogP contribution in [0.25, 0.3) is 0 Å². The van der Waals surface area contributed by atoms with Crippen molar-refractivity contribution in [2.24, 2.45) is 5.41 Å². The fraction of sp³-hybridized carbons (Fsp3) is 1.00. The lowest BCUT2D eigenvalue weighted by molar-refractivity contribution is -0.760. The lowest BCUT2D eigenvalue weighted by Gasteiger charge is -2.24. The number of rotatable bonds is 7. The molecule has 0 aromatic heterocycles. The second kappa shape index (κ2) is 5.44. The first kappa shape index (κ1) is 13.6. The summed E-state index contributed by atoms with van der Waals surface area (Å²) in [6, 6.07) is 0. The zero-order valence-electron chi connectivity index (χ0n) is 8.58. The summed E-state index contributed by atoms with van der Waals surface area (Å²) in [7, 11) is 0. The van der Waals surface area contributed by atoms with Crippen molar-refractivity contribution in [2.45, 2.75) is 26.4 Å². The molecule has 1 N–H and O–H groups in total. The van der Waals surface area contributed by atoms with Crippen LogP contribution in [0.4, 0.5) is 0 Å². The van der Waals surface area contributed by atoms with Gasteiger partial charge in [0.05, 0.1) is 0 Å². The van der Waals surface area contributed by atoms with Crippen LogP contribution in [-0.4, -0.2) is 34.4 Å². The van der Waals surface area contributed by atoms with Gasteiger partial charge in [-0.25, -0.2) is 0 Å². The summed E-state index contributed by atoms with van der Waals surface area (Å²) >= 11 is 0. The molecule has 0 bridgehead atoms. The minimum atomic E-state index is -1.12. The van der Waals surface area contributed by atoms with Crippen molar-refractivity contribution in [1.29, 1.82) is 0 Å². The molecule has 0 radical (unpaired) electrons. The first-order valence-corrected chi connectivity index (χ1v) is 4.30. The third kappa shape index (κ3) is 7.62. The SMILES string of the molecule is CC(C)(CO[N+](=O)[O-])CC(O)C[N+](=O)[O-]. The molecule has 15 heavy (non-hydrogen) atoms. The number of aliphatic hydroxyl groups excluding tert-OH is 1. The predicted octanol–water partition coefficient (Wildman–Crippen LogP) is 0.249. The first-order valence-electron chi connectivity index (χ1n) is 4.30. The topological polar surface area (TPSA) is 116 Å². The summed E-state index contributed by atoms with van der Waals surface area (Å²) in [5.74, 6) is 0. The number of aliphatic hydroxyl groups is 1. The highest BCUT2D eigenvalue weighted by molar-refractivity contribution is 4.71. The summed E-state index contributed by atoms with van der Waals surface area (Å²) < 4.78 is 0. The molecular weight excluding hydrogens is 208 g/mol. The van der Waals surface area contributed by atoms with E-state index in [1.807, 2.05) is 0 Å². The molecule has 1 atom stereocenters. The summed E-state index contributed by atoms with van der Waals surface area (Å²) in [4.78, 5) is 23.5. The minimum Gasteiger partial charge on any atom is -0.386 e. The van der Waals surface area contributed by atoms with Gasteiger partial charge in [-0.15, -0.1) is 10.1 Å². The summed E-state index contributed by atoms with van der Waals surface area (Å²) in [5.41, 5.74) is -0.678. The van der Waals surface area contributed by atoms with Crippen molar-refractivity contribution in [1.82, 2.24) is 0 Å². The molecular formula is C7H14N2O6. The zero-order valence-corrected chi connectivity index (χ0v) is 8.58. The Morgan fingerprint density at radius 2 is 1.93 bits per heavy atom. The van der Waals surface area contributed by atoms with Crippen LogP contribution >= 0.6 is 0 Å². The third-order valence-corrected chi connectivity index (χ3v) is 1.71. The fourth-order valence-electron chi connectivity index (χ4n) is 1.16. The number of hydrogen-bond acceptors (Lipinski definition) is 6. The van der Waals surface area contributed by atoms with Gasteiger partial charge in [0.1, 0.15) is 12.7 Å². The van der Waals surface area contributed by atoms with Gasteiger partial charge in [0.15, 0.2) is 0 Å². The van der Waals surface area contributed by atoms with E-state index in [4.69, 9.17) is 0 Å². The van der Waals surface area contributed by atoms with Crippen LogP contribution in [0, 0.1) is 25.6 Å². The highest BCUT2D eigenvalue weighted by Crippen LogP contribution is 2.22. The largest absolute Gasteiger partial charge is 0.386 e. The van der Waals surface area contributed by atoms with E-state index < -0.39 is 28.1 Å². The highest BCUT2D eigenvalue weighted by Gasteiger charge is 2.26. The van der Waals surface area contributed by atoms with Crippen LogP contribution in [-0.2, 0) is 4.84 Å². The zero-order chi connectivity index (χ0) is 12.1. The van der Waals surface area contributed by atoms with Gasteiger partial charge in [-0.2, -0.15) is 0 Å². The Balaban J connectivity index is 4.00. The van der Waals surface area contributed by atoms with Gasteiger partial charge in [0, 0.05) is 4.92 Å². The maximum atomic E-state index is 10.1.